The van der Waals surface area contributed by atoms with Gasteiger partial charge in [-0.05, 0) is 49.0 Å². The lowest BCUT2D eigenvalue weighted by atomic mass is 10.1. The Bertz CT molecular complexity index is 790. The summed E-state index contributed by atoms with van der Waals surface area (Å²) in [6.45, 7) is 4.24. The number of benzene rings is 2. The average molecular weight is 364 g/mol. The summed E-state index contributed by atoms with van der Waals surface area (Å²) >= 11 is 0. The van der Waals surface area contributed by atoms with E-state index in [1.807, 2.05) is 48.3 Å². The van der Waals surface area contributed by atoms with E-state index in [1.165, 1.54) is 0 Å². The fourth-order valence-corrected chi connectivity index (χ4v) is 3.08. The maximum absolute atomic E-state index is 12.3. The Labute approximate surface area is 160 Å². The summed E-state index contributed by atoms with van der Waals surface area (Å²) in [6.07, 6.45) is 0. The summed E-state index contributed by atoms with van der Waals surface area (Å²) in [7, 11) is 1.90. The molecule has 1 saturated heterocycles. The van der Waals surface area contributed by atoms with Crippen LogP contribution in [0.3, 0.4) is 0 Å². The van der Waals surface area contributed by atoms with Gasteiger partial charge in [-0.25, -0.2) is 0 Å². The molecule has 3 rings (SSSR count). The molecule has 2 aromatic carbocycles. The normalized spacial score (nSPS) is 14.0. The van der Waals surface area contributed by atoms with Crippen LogP contribution in [0.4, 0.5) is 11.4 Å². The van der Waals surface area contributed by atoms with Crippen LogP contribution in [0.5, 0.6) is 0 Å². The van der Waals surface area contributed by atoms with Crippen LogP contribution in [0, 0.1) is 11.3 Å². The molecule has 0 bridgehead atoms. The number of anilines is 2. The highest BCUT2D eigenvalue weighted by Gasteiger charge is 2.12. The van der Waals surface area contributed by atoms with Gasteiger partial charge in [-0.3, -0.25) is 9.69 Å². The lowest BCUT2D eigenvalue weighted by Gasteiger charge is -2.28. The molecule has 1 N–H and O–H groups in total. The highest BCUT2D eigenvalue weighted by atomic mass is 16.5. The molecule has 0 aliphatic carbocycles. The molecule has 140 valence electrons. The van der Waals surface area contributed by atoms with Crippen LogP contribution >= 0.6 is 0 Å². The van der Waals surface area contributed by atoms with Crippen molar-refractivity contribution in [2.45, 2.75) is 6.54 Å². The zero-order chi connectivity index (χ0) is 19.1. The van der Waals surface area contributed by atoms with Crippen LogP contribution in [0.25, 0.3) is 0 Å². The van der Waals surface area contributed by atoms with Crippen LogP contribution in [0.1, 0.15) is 11.1 Å². The van der Waals surface area contributed by atoms with Crippen molar-refractivity contribution in [2.75, 3.05) is 50.1 Å². The van der Waals surface area contributed by atoms with Gasteiger partial charge in [-0.15, -0.1) is 0 Å². The minimum absolute atomic E-state index is 0.0507. The third-order valence-electron chi connectivity index (χ3n) is 4.48. The molecule has 2 aromatic rings. The molecule has 1 amide bonds. The van der Waals surface area contributed by atoms with Crippen molar-refractivity contribution in [3.63, 3.8) is 0 Å². The van der Waals surface area contributed by atoms with Crippen LogP contribution in [0.15, 0.2) is 48.5 Å². The molecule has 6 heteroatoms. The molecule has 0 unspecified atom stereocenters. The van der Waals surface area contributed by atoms with Crippen molar-refractivity contribution in [1.82, 2.24) is 4.90 Å². The number of rotatable bonds is 6. The van der Waals surface area contributed by atoms with Gasteiger partial charge in [-0.2, -0.15) is 5.26 Å². The summed E-state index contributed by atoms with van der Waals surface area (Å²) < 4.78 is 5.37. The van der Waals surface area contributed by atoms with E-state index in [1.54, 1.807) is 12.1 Å². The number of hydrogen-bond donors (Lipinski definition) is 1. The minimum atomic E-state index is -0.0507. The Kier molecular flexibility index (Phi) is 6.42. The molecular formula is C21H24N4O2. The van der Waals surface area contributed by atoms with E-state index in [2.05, 4.69) is 16.3 Å². The SMILES string of the molecule is CN(CC(=O)Nc1ccc(N2CCOCC2)cc1)Cc1ccc(C#N)cc1. The fraction of sp³-hybridized carbons (Fsp3) is 0.333. The maximum atomic E-state index is 12.3. The maximum Gasteiger partial charge on any atom is 0.238 e. The monoisotopic (exact) mass is 364 g/mol. The Morgan fingerprint density at radius 1 is 1.15 bits per heavy atom. The number of morpholine rings is 1. The third kappa shape index (κ3) is 5.55. The molecule has 27 heavy (non-hydrogen) atoms. The highest BCUT2D eigenvalue weighted by molar-refractivity contribution is 5.92. The van der Waals surface area contributed by atoms with Crippen LogP contribution in [-0.4, -0.2) is 50.7 Å². The van der Waals surface area contributed by atoms with Crippen molar-refractivity contribution in [3.8, 4) is 6.07 Å². The molecule has 0 spiro atoms. The van der Waals surface area contributed by atoms with Gasteiger partial charge >= 0.3 is 0 Å². The van der Waals surface area contributed by atoms with E-state index in [9.17, 15) is 4.79 Å². The second-order valence-corrected chi connectivity index (χ2v) is 6.68. The number of carbonyl (C=O) groups is 1. The summed E-state index contributed by atoms with van der Waals surface area (Å²) in [5.41, 5.74) is 3.65. The van der Waals surface area contributed by atoms with E-state index >= 15 is 0 Å². The Hall–Kier alpha value is -2.88. The van der Waals surface area contributed by atoms with Gasteiger partial charge in [0.1, 0.15) is 0 Å². The van der Waals surface area contributed by atoms with Crippen molar-refractivity contribution in [3.05, 3.63) is 59.7 Å². The van der Waals surface area contributed by atoms with Crippen LogP contribution in [0.2, 0.25) is 0 Å². The van der Waals surface area contributed by atoms with Crippen molar-refractivity contribution >= 4 is 17.3 Å². The van der Waals surface area contributed by atoms with Crippen molar-refractivity contribution in [1.29, 1.82) is 5.26 Å². The smallest absolute Gasteiger partial charge is 0.238 e. The van der Waals surface area contributed by atoms with Gasteiger partial charge in [0.2, 0.25) is 5.91 Å². The molecule has 0 radical (unpaired) electrons. The van der Waals surface area contributed by atoms with E-state index in [0.29, 0.717) is 18.7 Å². The van der Waals surface area contributed by atoms with Gasteiger partial charge in [0, 0.05) is 31.0 Å². The molecule has 1 aliphatic rings. The fourth-order valence-electron chi connectivity index (χ4n) is 3.08. The zero-order valence-electron chi connectivity index (χ0n) is 15.5. The Morgan fingerprint density at radius 2 is 1.81 bits per heavy atom. The molecule has 6 nitrogen and oxygen atoms in total. The summed E-state index contributed by atoms with van der Waals surface area (Å²) in [5.74, 6) is -0.0507. The number of hydrogen-bond acceptors (Lipinski definition) is 5. The van der Waals surface area contributed by atoms with Crippen LogP contribution in [-0.2, 0) is 16.1 Å². The molecule has 1 heterocycles. The molecule has 1 fully saturated rings. The highest BCUT2D eigenvalue weighted by Crippen LogP contribution is 2.19. The van der Waals surface area contributed by atoms with Crippen molar-refractivity contribution < 1.29 is 9.53 Å². The number of nitrogens with one attached hydrogen (secondary N) is 1. The van der Waals surface area contributed by atoms with E-state index in [0.717, 1.165) is 43.2 Å². The number of amides is 1. The number of carbonyl (C=O) groups excluding carboxylic acids is 1. The van der Waals surface area contributed by atoms with Gasteiger partial charge in [-0.1, -0.05) is 12.1 Å². The predicted octanol–water partition coefficient (Wildman–Crippen LogP) is 2.47. The first-order valence-electron chi connectivity index (χ1n) is 9.04. The van der Waals surface area contributed by atoms with E-state index in [4.69, 9.17) is 10.00 Å². The first-order valence-corrected chi connectivity index (χ1v) is 9.04. The zero-order valence-corrected chi connectivity index (χ0v) is 15.5. The third-order valence-corrected chi connectivity index (χ3v) is 4.48. The van der Waals surface area contributed by atoms with E-state index < -0.39 is 0 Å². The Morgan fingerprint density at radius 3 is 2.44 bits per heavy atom. The topological polar surface area (TPSA) is 68.6 Å². The minimum Gasteiger partial charge on any atom is -0.378 e. The van der Waals surface area contributed by atoms with Crippen LogP contribution < -0.4 is 10.2 Å². The van der Waals surface area contributed by atoms with Gasteiger partial charge in [0.15, 0.2) is 0 Å². The van der Waals surface area contributed by atoms with Gasteiger partial charge in [0.25, 0.3) is 0 Å². The second kappa shape index (κ2) is 9.17. The lowest BCUT2D eigenvalue weighted by molar-refractivity contribution is -0.117. The second-order valence-electron chi connectivity index (χ2n) is 6.68. The van der Waals surface area contributed by atoms with E-state index in [-0.39, 0.29) is 5.91 Å². The first kappa shape index (κ1) is 18.9. The number of ether oxygens (including phenoxy) is 1. The Balaban J connectivity index is 1.48. The largest absolute Gasteiger partial charge is 0.378 e. The summed E-state index contributed by atoms with van der Waals surface area (Å²) in [4.78, 5) is 16.5. The first-order chi connectivity index (χ1) is 13.1. The van der Waals surface area contributed by atoms with Gasteiger partial charge in [0.05, 0.1) is 31.4 Å². The lowest BCUT2D eigenvalue weighted by Crippen LogP contribution is -2.36. The molecule has 0 aromatic heterocycles. The summed E-state index contributed by atoms with van der Waals surface area (Å²) in [6, 6.07) is 17.4. The molecular weight excluding hydrogens is 340 g/mol. The summed E-state index contributed by atoms with van der Waals surface area (Å²) in [5, 5.41) is 11.8. The number of nitrogens with zero attached hydrogens (tertiary/aromatic N) is 3. The number of likely N-dealkylation sites (N-methyl/N-ethyl adjacent to an activating group) is 1. The quantitative estimate of drug-likeness (QED) is 0.853. The standard InChI is InChI=1S/C21H24N4O2/c1-24(15-18-4-2-17(14-22)3-5-18)16-21(26)23-19-6-8-20(9-7-19)25-10-12-27-13-11-25/h2-9H,10-13,15-16H2,1H3,(H,23,26). The predicted molar refractivity (Wildman–Crippen MR) is 106 cm³/mol. The molecule has 0 saturated carbocycles. The molecule has 1 aliphatic heterocycles. The molecule has 0 atom stereocenters. The number of nitriles is 1. The van der Waals surface area contributed by atoms with Gasteiger partial charge < -0.3 is 15.0 Å². The average Bonchev–Trinajstić information content (AvgIpc) is 2.69. The van der Waals surface area contributed by atoms with Crippen molar-refractivity contribution in [2.24, 2.45) is 0 Å².